The Morgan fingerprint density at radius 1 is 1.16 bits per heavy atom. The van der Waals surface area contributed by atoms with Crippen molar-refractivity contribution in [1.82, 2.24) is 9.88 Å². The first-order valence-electron chi connectivity index (χ1n) is 13.1. The molecular weight excluding hydrogens is 496 g/mol. The maximum atomic E-state index is 10.6. The second kappa shape index (κ2) is 10.8. The van der Waals surface area contributed by atoms with E-state index in [2.05, 4.69) is 33.4 Å². The molecule has 2 aliphatic rings. The molecule has 3 heterocycles. The zero-order valence-electron chi connectivity index (χ0n) is 21.9. The van der Waals surface area contributed by atoms with Gasteiger partial charge in [0.2, 0.25) is 0 Å². The SMILES string of the molecule is CC(C)(O)c1ccc2c(c1)/C(=C\CCN1CCC(C#N)(Nc3ccc(Cl)cc3)CC1)c1cccnc1CO2. The molecule has 38 heavy (non-hydrogen) atoms. The normalized spacial score (nSPS) is 18.0. The van der Waals surface area contributed by atoms with Crippen LogP contribution in [-0.2, 0) is 12.2 Å². The van der Waals surface area contributed by atoms with Crippen LogP contribution in [0, 0.1) is 11.3 Å². The standard InChI is InChI=1S/C31H33ClN4O2/c1-30(2,37)22-7-12-29-27(19-22)25(26-5-3-15-34-28(26)20-38-29)6-4-16-36-17-13-31(21-33,14-18-36)35-24-10-8-23(32)9-11-24/h3,5-12,15,19,35,37H,4,13-14,16-18,20H2,1-2H3/b25-6-. The molecule has 0 spiro atoms. The van der Waals surface area contributed by atoms with Gasteiger partial charge in [0.1, 0.15) is 17.9 Å². The van der Waals surface area contributed by atoms with Crippen molar-refractivity contribution in [1.29, 1.82) is 5.26 Å². The Balaban J connectivity index is 1.32. The highest BCUT2D eigenvalue weighted by molar-refractivity contribution is 6.30. The molecular formula is C31H33ClN4O2. The first kappa shape index (κ1) is 26.2. The van der Waals surface area contributed by atoms with E-state index >= 15 is 0 Å². The molecule has 0 atom stereocenters. The van der Waals surface area contributed by atoms with Gasteiger partial charge in [-0.25, -0.2) is 0 Å². The summed E-state index contributed by atoms with van der Waals surface area (Å²) in [5, 5.41) is 24.8. The fourth-order valence-corrected chi connectivity index (χ4v) is 5.31. The fourth-order valence-electron chi connectivity index (χ4n) is 5.18. The molecule has 0 aliphatic carbocycles. The molecule has 0 unspecified atom stereocenters. The number of nitrogens with zero attached hydrogens (tertiary/aromatic N) is 3. The van der Waals surface area contributed by atoms with Crippen LogP contribution >= 0.6 is 11.6 Å². The minimum Gasteiger partial charge on any atom is -0.487 e. The molecule has 0 radical (unpaired) electrons. The summed E-state index contributed by atoms with van der Waals surface area (Å²) < 4.78 is 6.12. The number of aromatic nitrogens is 1. The van der Waals surface area contributed by atoms with E-state index in [-0.39, 0.29) is 0 Å². The Kier molecular flexibility index (Phi) is 7.45. The maximum Gasteiger partial charge on any atom is 0.131 e. The number of aliphatic hydroxyl groups is 1. The molecule has 2 N–H and O–H groups in total. The van der Waals surface area contributed by atoms with E-state index in [9.17, 15) is 10.4 Å². The van der Waals surface area contributed by atoms with Crippen molar-refractivity contribution in [3.05, 3.63) is 94.3 Å². The lowest BCUT2D eigenvalue weighted by molar-refractivity contribution is 0.0785. The van der Waals surface area contributed by atoms with Gasteiger partial charge in [-0.2, -0.15) is 5.26 Å². The monoisotopic (exact) mass is 528 g/mol. The number of rotatable bonds is 6. The number of benzene rings is 2. The Morgan fingerprint density at radius 3 is 2.63 bits per heavy atom. The summed E-state index contributed by atoms with van der Waals surface area (Å²) in [6.45, 7) is 6.58. The lowest BCUT2D eigenvalue weighted by Gasteiger charge is -2.38. The molecule has 6 nitrogen and oxygen atoms in total. The third-order valence-electron chi connectivity index (χ3n) is 7.47. The molecule has 3 aromatic rings. The number of nitriles is 1. The molecule has 196 valence electrons. The van der Waals surface area contributed by atoms with Crippen molar-refractivity contribution in [2.45, 2.75) is 50.9 Å². The minimum atomic E-state index is -0.953. The van der Waals surface area contributed by atoms with Crippen LogP contribution < -0.4 is 10.1 Å². The number of anilines is 1. The van der Waals surface area contributed by atoms with Gasteiger partial charge >= 0.3 is 0 Å². The molecule has 2 aromatic carbocycles. The molecule has 0 bridgehead atoms. The van der Waals surface area contributed by atoms with Crippen LogP contribution in [0.15, 0.2) is 66.9 Å². The van der Waals surface area contributed by atoms with E-state index < -0.39 is 11.1 Å². The predicted molar refractivity (Wildman–Crippen MR) is 151 cm³/mol. The van der Waals surface area contributed by atoms with Crippen LogP contribution in [0.5, 0.6) is 5.75 Å². The summed E-state index contributed by atoms with van der Waals surface area (Å²) >= 11 is 6.01. The molecule has 1 saturated heterocycles. The number of ether oxygens (including phenoxy) is 1. The molecule has 0 amide bonds. The molecule has 1 fully saturated rings. The molecule has 0 saturated carbocycles. The summed E-state index contributed by atoms with van der Waals surface area (Å²) in [6, 6.07) is 20.0. The molecule has 2 aliphatic heterocycles. The van der Waals surface area contributed by atoms with Gasteiger partial charge in [0, 0.05) is 47.7 Å². The van der Waals surface area contributed by atoms with Gasteiger partial charge in [0.15, 0.2) is 0 Å². The van der Waals surface area contributed by atoms with Gasteiger partial charge in [0.05, 0.1) is 17.4 Å². The third-order valence-corrected chi connectivity index (χ3v) is 7.72. The number of hydrogen-bond donors (Lipinski definition) is 2. The average molecular weight is 529 g/mol. The Hall–Kier alpha value is -3.37. The Labute approximate surface area is 229 Å². The number of nitrogens with one attached hydrogen (secondary N) is 1. The quantitative estimate of drug-likeness (QED) is 0.399. The zero-order valence-corrected chi connectivity index (χ0v) is 22.6. The summed E-state index contributed by atoms with van der Waals surface area (Å²) in [6.07, 6.45) is 6.41. The average Bonchev–Trinajstić information content (AvgIpc) is 3.07. The maximum absolute atomic E-state index is 10.6. The number of piperidine rings is 1. The summed E-state index contributed by atoms with van der Waals surface area (Å²) in [4.78, 5) is 6.99. The van der Waals surface area contributed by atoms with E-state index in [1.165, 1.54) is 0 Å². The largest absolute Gasteiger partial charge is 0.487 e. The number of likely N-dealkylation sites (tertiary alicyclic amines) is 1. The predicted octanol–water partition coefficient (Wildman–Crippen LogP) is 6.15. The van der Waals surface area contributed by atoms with Gasteiger partial charge < -0.3 is 20.1 Å². The van der Waals surface area contributed by atoms with Crippen LogP contribution in [0.25, 0.3) is 5.57 Å². The fraction of sp³-hybridized carbons (Fsp3) is 0.355. The minimum absolute atomic E-state index is 0.408. The van der Waals surface area contributed by atoms with E-state index in [1.54, 1.807) is 20.0 Å². The third kappa shape index (κ3) is 5.71. The van der Waals surface area contributed by atoms with E-state index in [4.69, 9.17) is 16.3 Å². The highest BCUT2D eigenvalue weighted by atomic mass is 35.5. The summed E-state index contributed by atoms with van der Waals surface area (Å²) in [7, 11) is 0. The highest BCUT2D eigenvalue weighted by Crippen LogP contribution is 2.38. The first-order valence-corrected chi connectivity index (χ1v) is 13.5. The molecule has 1 aromatic heterocycles. The number of halogens is 1. The van der Waals surface area contributed by atoms with Crippen LogP contribution in [0.1, 0.15) is 55.5 Å². The summed E-state index contributed by atoms with van der Waals surface area (Å²) in [5.74, 6) is 0.798. The topological polar surface area (TPSA) is 81.4 Å². The number of pyridine rings is 1. The van der Waals surface area contributed by atoms with Crippen molar-refractivity contribution in [3.63, 3.8) is 0 Å². The van der Waals surface area contributed by atoms with E-state index in [0.717, 1.165) is 78.3 Å². The molecule has 7 heteroatoms. The second-order valence-electron chi connectivity index (χ2n) is 10.6. The number of hydrogen-bond acceptors (Lipinski definition) is 6. The van der Waals surface area contributed by atoms with Gasteiger partial charge in [-0.3, -0.25) is 4.98 Å². The molecule has 5 rings (SSSR count). The van der Waals surface area contributed by atoms with Gasteiger partial charge in [-0.1, -0.05) is 29.8 Å². The van der Waals surface area contributed by atoms with Gasteiger partial charge in [0.25, 0.3) is 0 Å². The lowest BCUT2D eigenvalue weighted by atomic mass is 9.88. The van der Waals surface area contributed by atoms with Crippen molar-refractivity contribution in [2.75, 3.05) is 25.0 Å². The Morgan fingerprint density at radius 2 is 1.92 bits per heavy atom. The van der Waals surface area contributed by atoms with Crippen LogP contribution in [0.4, 0.5) is 5.69 Å². The van der Waals surface area contributed by atoms with Gasteiger partial charge in [-0.15, -0.1) is 0 Å². The highest BCUT2D eigenvalue weighted by Gasteiger charge is 2.34. The van der Waals surface area contributed by atoms with Crippen LogP contribution in [0.3, 0.4) is 0 Å². The van der Waals surface area contributed by atoms with Crippen molar-refractivity contribution in [3.8, 4) is 11.8 Å². The first-order chi connectivity index (χ1) is 18.3. The van der Waals surface area contributed by atoms with Crippen molar-refractivity contribution >= 4 is 22.9 Å². The van der Waals surface area contributed by atoms with E-state index in [1.807, 2.05) is 48.5 Å². The lowest BCUT2D eigenvalue weighted by Crippen LogP contribution is -2.48. The van der Waals surface area contributed by atoms with Crippen molar-refractivity contribution < 1.29 is 9.84 Å². The number of fused-ring (bicyclic) bond motifs is 2. The van der Waals surface area contributed by atoms with Crippen LogP contribution in [-0.4, -0.2) is 40.2 Å². The second-order valence-corrected chi connectivity index (χ2v) is 11.1. The van der Waals surface area contributed by atoms with E-state index in [0.29, 0.717) is 11.6 Å². The smallest absolute Gasteiger partial charge is 0.131 e. The zero-order chi connectivity index (χ0) is 26.8. The van der Waals surface area contributed by atoms with Gasteiger partial charge in [-0.05, 0) is 86.7 Å². The Bertz CT molecular complexity index is 1360. The summed E-state index contributed by atoms with van der Waals surface area (Å²) in [5.41, 5.74) is 4.27. The van der Waals surface area contributed by atoms with Crippen LogP contribution in [0.2, 0.25) is 5.02 Å². The van der Waals surface area contributed by atoms with Crippen molar-refractivity contribution in [2.24, 2.45) is 0 Å².